The average molecular weight is 401 g/mol. The Morgan fingerprint density at radius 2 is 1.80 bits per heavy atom. The van der Waals surface area contributed by atoms with E-state index < -0.39 is 4.92 Å². The van der Waals surface area contributed by atoms with Gasteiger partial charge in [-0.3, -0.25) is 14.9 Å². The first kappa shape index (κ1) is 19.6. The molecule has 0 bridgehead atoms. The summed E-state index contributed by atoms with van der Waals surface area (Å²) < 4.78 is 2.18. The van der Waals surface area contributed by atoms with Crippen molar-refractivity contribution in [2.75, 3.05) is 0 Å². The number of non-ortho nitro benzene ring substituents is 1. The number of aromatic nitrogens is 1. The highest BCUT2D eigenvalue weighted by Crippen LogP contribution is 2.29. The van der Waals surface area contributed by atoms with E-state index in [1.807, 2.05) is 35.4 Å². The summed E-state index contributed by atoms with van der Waals surface area (Å²) in [6, 6.07) is 20.8. The summed E-state index contributed by atoms with van der Waals surface area (Å²) in [5.74, 6) is -0.0386. The van der Waals surface area contributed by atoms with Crippen LogP contribution in [0.4, 0.5) is 5.69 Å². The van der Waals surface area contributed by atoms with Crippen molar-refractivity contribution in [1.29, 1.82) is 0 Å². The fourth-order valence-corrected chi connectivity index (χ4v) is 3.45. The van der Waals surface area contributed by atoms with Crippen LogP contribution in [0.1, 0.15) is 29.7 Å². The van der Waals surface area contributed by atoms with Gasteiger partial charge in [-0.25, -0.2) is 0 Å². The fraction of sp³-hybridized carbons (Fsp3) is 0.208. The van der Waals surface area contributed by atoms with Gasteiger partial charge in [-0.1, -0.05) is 30.3 Å². The molecule has 0 spiro atoms. The molecule has 0 N–H and O–H groups in total. The zero-order valence-corrected chi connectivity index (χ0v) is 16.6. The normalized spacial score (nSPS) is 13.5. The molecule has 1 amide bonds. The quantitative estimate of drug-likeness (QED) is 0.313. The number of amides is 1. The molecule has 0 aliphatic heterocycles. The lowest BCUT2D eigenvalue weighted by molar-refractivity contribution is -0.384. The standard InChI is InChI=1S/C24H23N3O3/c28-24(15-10-19-8-11-22(12-9-19)27(29)30)26(21-13-14-21)18-23-7-4-16-25(23)17-20-5-2-1-3-6-20/h1-12,15-16,21H,13-14,17-18H2/b15-10+. The Labute approximate surface area is 175 Å². The predicted molar refractivity (Wildman–Crippen MR) is 116 cm³/mol. The van der Waals surface area contributed by atoms with Crippen molar-refractivity contribution in [2.24, 2.45) is 0 Å². The smallest absolute Gasteiger partial charge is 0.269 e. The third-order valence-electron chi connectivity index (χ3n) is 5.24. The Kier molecular flexibility index (Phi) is 5.75. The van der Waals surface area contributed by atoms with Crippen molar-refractivity contribution >= 4 is 17.7 Å². The molecule has 6 heteroatoms. The van der Waals surface area contributed by atoms with Gasteiger partial charge in [-0.15, -0.1) is 0 Å². The van der Waals surface area contributed by atoms with E-state index in [1.54, 1.807) is 24.3 Å². The third-order valence-corrected chi connectivity index (χ3v) is 5.24. The van der Waals surface area contributed by atoms with Crippen LogP contribution >= 0.6 is 0 Å². The molecule has 0 saturated heterocycles. The van der Waals surface area contributed by atoms with E-state index >= 15 is 0 Å². The molecule has 1 aliphatic rings. The van der Waals surface area contributed by atoms with Crippen LogP contribution in [0.3, 0.4) is 0 Å². The third kappa shape index (κ3) is 4.84. The predicted octanol–water partition coefficient (Wildman–Crippen LogP) is 4.65. The second kappa shape index (κ2) is 8.78. The Morgan fingerprint density at radius 3 is 2.47 bits per heavy atom. The molecular weight excluding hydrogens is 378 g/mol. The monoisotopic (exact) mass is 401 g/mol. The number of nitrogens with zero attached hydrogens (tertiary/aromatic N) is 3. The van der Waals surface area contributed by atoms with Crippen LogP contribution < -0.4 is 0 Å². The summed E-state index contributed by atoms with van der Waals surface area (Å²) in [6.07, 6.45) is 7.37. The molecule has 1 aromatic heterocycles. The number of benzene rings is 2. The first-order valence-corrected chi connectivity index (χ1v) is 10.0. The van der Waals surface area contributed by atoms with Crippen molar-refractivity contribution < 1.29 is 9.72 Å². The lowest BCUT2D eigenvalue weighted by atomic mass is 10.2. The van der Waals surface area contributed by atoms with Crippen molar-refractivity contribution in [3.05, 3.63) is 106 Å². The highest BCUT2D eigenvalue weighted by Gasteiger charge is 2.32. The zero-order valence-electron chi connectivity index (χ0n) is 16.6. The minimum Gasteiger partial charge on any atom is -0.345 e. The highest BCUT2D eigenvalue weighted by molar-refractivity contribution is 5.92. The highest BCUT2D eigenvalue weighted by atomic mass is 16.6. The maximum absolute atomic E-state index is 12.9. The lowest BCUT2D eigenvalue weighted by Gasteiger charge is -2.22. The van der Waals surface area contributed by atoms with Crippen LogP contribution in [-0.4, -0.2) is 26.3 Å². The van der Waals surface area contributed by atoms with Gasteiger partial charge >= 0.3 is 0 Å². The molecule has 1 aliphatic carbocycles. The molecule has 30 heavy (non-hydrogen) atoms. The molecule has 6 nitrogen and oxygen atoms in total. The van der Waals surface area contributed by atoms with Crippen molar-refractivity contribution in [3.8, 4) is 0 Å². The molecular formula is C24H23N3O3. The Balaban J connectivity index is 1.45. The maximum Gasteiger partial charge on any atom is 0.269 e. The number of hydrogen-bond acceptors (Lipinski definition) is 3. The van der Waals surface area contributed by atoms with Crippen LogP contribution in [0.25, 0.3) is 6.08 Å². The van der Waals surface area contributed by atoms with E-state index in [1.165, 1.54) is 17.7 Å². The number of carbonyl (C=O) groups excluding carboxylic acids is 1. The first-order chi connectivity index (χ1) is 14.6. The molecule has 0 atom stereocenters. The number of hydrogen-bond donors (Lipinski definition) is 0. The second-order valence-corrected chi connectivity index (χ2v) is 7.49. The van der Waals surface area contributed by atoms with Crippen LogP contribution in [0.2, 0.25) is 0 Å². The van der Waals surface area contributed by atoms with E-state index in [2.05, 4.69) is 22.8 Å². The fourth-order valence-electron chi connectivity index (χ4n) is 3.45. The van der Waals surface area contributed by atoms with Gasteiger partial charge in [0.2, 0.25) is 5.91 Å². The molecule has 1 heterocycles. The summed E-state index contributed by atoms with van der Waals surface area (Å²) in [4.78, 5) is 25.1. The summed E-state index contributed by atoms with van der Waals surface area (Å²) in [5.41, 5.74) is 3.12. The zero-order chi connectivity index (χ0) is 20.9. The minimum absolute atomic E-state index is 0.0386. The number of carbonyl (C=O) groups is 1. The summed E-state index contributed by atoms with van der Waals surface area (Å²) in [7, 11) is 0. The van der Waals surface area contributed by atoms with Gasteiger partial charge in [0.25, 0.3) is 5.69 Å². The summed E-state index contributed by atoms with van der Waals surface area (Å²) in [5, 5.41) is 10.8. The summed E-state index contributed by atoms with van der Waals surface area (Å²) >= 11 is 0. The molecule has 1 saturated carbocycles. The molecule has 152 valence electrons. The van der Waals surface area contributed by atoms with E-state index in [-0.39, 0.29) is 17.6 Å². The van der Waals surface area contributed by atoms with Crippen LogP contribution in [0, 0.1) is 10.1 Å². The molecule has 3 aromatic rings. The second-order valence-electron chi connectivity index (χ2n) is 7.49. The van der Waals surface area contributed by atoms with Gasteiger partial charge in [0.1, 0.15) is 0 Å². The minimum atomic E-state index is -0.433. The van der Waals surface area contributed by atoms with Crippen molar-refractivity contribution in [2.45, 2.75) is 32.0 Å². The van der Waals surface area contributed by atoms with E-state index in [9.17, 15) is 14.9 Å². The van der Waals surface area contributed by atoms with Crippen LogP contribution in [-0.2, 0) is 17.9 Å². The van der Waals surface area contributed by atoms with Crippen molar-refractivity contribution in [3.63, 3.8) is 0 Å². The van der Waals surface area contributed by atoms with Crippen LogP contribution in [0.15, 0.2) is 79.0 Å². The van der Waals surface area contributed by atoms with Gasteiger partial charge in [-0.05, 0) is 54.3 Å². The van der Waals surface area contributed by atoms with Crippen molar-refractivity contribution in [1.82, 2.24) is 9.47 Å². The molecule has 1 fully saturated rings. The summed E-state index contributed by atoms with van der Waals surface area (Å²) in [6.45, 7) is 1.34. The van der Waals surface area contributed by atoms with E-state index in [0.29, 0.717) is 6.54 Å². The largest absolute Gasteiger partial charge is 0.345 e. The lowest BCUT2D eigenvalue weighted by Crippen LogP contribution is -2.32. The number of nitro groups is 1. The van der Waals surface area contributed by atoms with Gasteiger partial charge in [-0.2, -0.15) is 0 Å². The van der Waals surface area contributed by atoms with E-state index in [0.717, 1.165) is 30.6 Å². The molecule has 0 radical (unpaired) electrons. The Bertz CT molecular complexity index is 1050. The van der Waals surface area contributed by atoms with Gasteiger partial charge < -0.3 is 9.47 Å². The first-order valence-electron chi connectivity index (χ1n) is 10.0. The van der Waals surface area contributed by atoms with Gasteiger partial charge in [0.15, 0.2) is 0 Å². The van der Waals surface area contributed by atoms with Crippen LogP contribution in [0.5, 0.6) is 0 Å². The van der Waals surface area contributed by atoms with Gasteiger partial charge in [0.05, 0.1) is 11.5 Å². The molecule has 4 rings (SSSR count). The molecule has 2 aromatic carbocycles. The Hall–Kier alpha value is -3.67. The van der Waals surface area contributed by atoms with E-state index in [4.69, 9.17) is 0 Å². The topological polar surface area (TPSA) is 68.4 Å². The van der Waals surface area contributed by atoms with Gasteiger partial charge in [0, 0.05) is 42.7 Å². The SMILES string of the molecule is O=C(/C=C/c1ccc([N+](=O)[O-])cc1)N(Cc1cccn1Cc1ccccc1)C1CC1. The number of rotatable bonds is 8. The number of nitro benzene ring substituents is 1. The maximum atomic E-state index is 12.9. The average Bonchev–Trinajstić information content (AvgIpc) is 3.51. The molecule has 0 unspecified atom stereocenters. The Morgan fingerprint density at radius 1 is 1.07 bits per heavy atom.